The number of fused-ring (bicyclic) bond motifs is 1. The number of nitrogens with zero attached hydrogens (tertiary/aromatic N) is 4. The first-order chi connectivity index (χ1) is 12.9. The van der Waals surface area contributed by atoms with Gasteiger partial charge in [0.2, 0.25) is 0 Å². The maximum atomic E-state index is 12.6. The highest BCUT2D eigenvalue weighted by Crippen LogP contribution is 2.32. The van der Waals surface area contributed by atoms with Gasteiger partial charge < -0.3 is 10.0 Å². The molecule has 0 spiro atoms. The Kier molecular flexibility index (Phi) is 4.86. The van der Waals surface area contributed by atoms with Crippen LogP contribution in [0.25, 0.3) is 10.9 Å². The van der Waals surface area contributed by atoms with Crippen LogP contribution in [0.4, 0.5) is 14.5 Å². The smallest absolute Gasteiger partial charge is 0.261 e. The number of β-amino-alcohol motifs (C(OH)–C–C–N with tert-alkyl or cyclic N) is 1. The van der Waals surface area contributed by atoms with E-state index in [0.717, 1.165) is 62.2 Å². The van der Waals surface area contributed by atoms with Gasteiger partial charge in [-0.25, -0.2) is 13.8 Å². The van der Waals surface area contributed by atoms with Gasteiger partial charge in [0.1, 0.15) is 0 Å². The van der Waals surface area contributed by atoms with Crippen LogP contribution in [0.3, 0.4) is 0 Å². The van der Waals surface area contributed by atoms with E-state index in [-0.39, 0.29) is 0 Å². The molecule has 1 saturated carbocycles. The van der Waals surface area contributed by atoms with Crippen LogP contribution in [-0.4, -0.2) is 64.3 Å². The topological polar surface area (TPSA) is 61.6 Å². The Bertz CT molecular complexity index is 874. The van der Waals surface area contributed by atoms with Crippen molar-refractivity contribution in [1.29, 1.82) is 0 Å². The number of piperazine rings is 1. The molecule has 8 heteroatoms. The summed E-state index contributed by atoms with van der Waals surface area (Å²) in [6, 6.07) is 5.37. The molecule has 0 amide bonds. The summed E-state index contributed by atoms with van der Waals surface area (Å²) in [6.07, 6.45) is 1.51. The molecular weight excluding hydrogens is 354 g/mol. The summed E-state index contributed by atoms with van der Waals surface area (Å²) in [4.78, 5) is 21.0. The van der Waals surface area contributed by atoms with E-state index in [1.165, 1.54) is 6.33 Å². The lowest BCUT2D eigenvalue weighted by Gasteiger charge is -2.44. The van der Waals surface area contributed by atoms with Crippen molar-refractivity contribution in [2.24, 2.45) is 0 Å². The summed E-state index contributed by atoms with van der Waals surface area (Å²) in [5.41, 5.74) is 0.565. The molecule has 6 nitrogen and oxygen atoms in total. The average Bonchev–Trinajstić information content (AvgIpc) is 2.63. The Labute approximate surface area is 156 Å². The minimum atomic E-state index is -2.59. The van der Waals surface area contributed by atoms with E-state index in [9.17, 15) is 18.7 Å². The Balaban J connectivity index is 1.46. The van der Waals surface area contributed by atoms with Gasteiger partial charge in [0.25, 0.3) is 12.0 Å². The first-order valence-electron chi connectivity index (χ1n) is 9.41. The molecule has 1 saturated heterocycles. The number of halogens is 2. The molecule has 2 fully saturated rings. The number of rotatable bonds is 5. The zero-order chi connectivity index (χ0) is 19.0. The van der Waals surface area contributed by atoms with E-state index in [1.54, 1.807) is 6.07 Å². The Morgan fingerprint density at radius 1 is 1.19 bits per heavy atom. The Hall–Kier alpha value is -2.06. The second kappa shape index (κ2) is 7.16. The van der Waals surface area contributed by atoms with Gasteiger partial charge in [-0.2, -0.15) is 0 Å². The molecule has 1 aromatic carbocycles. The van der Waals surface area contributed by atoms with Crippen molar-refractivity contribution in [1.82, 2.24) is 14.5 Å². The van der Waals surface area contributed by atoms with Gasteiger partial charge in [0.05, 0.1) is 29.4 Å². The fraction of sp³-hybridized carbons (Fsp3) is 0.579. The van der Waals surface area contributed by atoms with Crippen LogP contribution in [0.5, 0.6) is 0 Å². The van der Waals surface area contributed by atoms with Gasteiger partial charge in [-0.3, -0.25) is 14.3 Å². The van der Waals surface area contributed by atoms with Gasteiger partial charge in [-0.15, -0.1) is 0 Å². The van der Waals surface area contributed by atoms with Crippen LogP contribution in [0, 0.1) is 0 Å². The summed E-state index contributed by atoms with van der Waals surface area (Å²) in [7, 11) is 0. The van der Waals surface area contributed by atoms with Crippen LogP contribution in [-0.2, 0) is 6.54 Å². The zero-order valence-corrected chi connectivity index (χ0v) is 15.2. The third-order valence-corrected chi connectivity index (χ3v) is 5.68. The number of aromatic nitrogens is 2. The van der Waals surface area contributed by atoms with E-state index in [1.807, 2.05) is 12.1 Å². The molecule has 4 rings (SSSR count). The highest BCUT2D eigenvalue weighted by molar-refractivity contribution is 5.81. The molecule has 2 aliphatic rings. The standard InChI is InChI=1S/C19H24F2N4O2/c20-17(21)11-25-13-22-16-10-14(2-3-15(16)18(25)26)24-8-6-23(7-9-24)12-19(27)4-1-5-19/h2-3,10,13,17,27H,1,4-9,11-12H2. The van der Waals surface area contributed by atoms with Crippen molar-refractivity contribution in [3.05, 3.63) is 34.9 Å². The number of anilines is 1. The molecule has 1 N–H and O–H groups in total. The first kappa shape index (κ1) is 18.3. The van der Waals surface area contributed by atoms with Gasteiger partial charge in [-0.05, 0) is 37.5 Å². The third-order valence-electron chi connectivity index (χ3n) is 5.68. The molecule has 1 aliphatic heterocycles. The summed E-state index contributed by atoms with van der Waals surface area (Å²) in [5, 5.41) is 10.7. The fourth-order valence-corrected chi connectivity index (χ4v) is 3.95. The van der Waals surface area contributed by atoms with Crippen molar-refractivity contribution >= 4 is 16.6 Å². The van der Waals surface area contributed by atoms with E-state index < -0.39 is 24.1 Å². The summed E-state index contributed by atoms with van der Waals surface area (Å²) in [6.45, 7) is 3.53. The molecule has 0 unspecified atom stereocenters. The molecule has 146 valence electrons. The number of hydrogen-bond donors (Lipinski definition) is 1. The summed E-state index contributed by atoms with van der Waals surface area (Å²) >= 11 is 0. The maximum Gasteiger partial charge on any atom is 0.261 e. The SMILES string of the molecule is O=c1c2ccc(N3CCN(CC4(O)CCC4)CC3)cc2ncn1CC(F)F. The minimum Gasteiger partial charge on any atom is -0.389 e. The first-order valence-corrected chi connectivity index (χ1v) is 9.41. The molecule has 0 atom stereocenters. The van der Waals surface area contributed by atoms with Gasteiger partial charge in [0.15, 0.2) is 0 Å². The second-order valence-electron chi connectivity index (χ2n) is 7.64. The van der Waals surface area contributed by atoms with Gasteiger partial charge in [0, 0.05) is 38.4 Å². The summed E-state index contributed by atoms with van der Waals surface area (Å²) < 4.78 is 26.1. The number of benzene rings is 1. The number of hydrogen-bond acceptors (Lipinski definition) is 5. The van der Waals surface area contributed by atoms with E-state index >= 15 is 0 Å². The quantitative estimate of drug-likeness (QED) is 0.858. The lowest BCUT2D eigenvalue weighted by atomic mass is 9.80. The van der Waals surface area contributed by atoms with Crippen LogP contribution in [0.15, 0.2) is 29.3 Å². The number of aliphatic hydroxyl groups is 1. The largest absolute Gasteiger partial charge is 0.389 e. The zero-order valence-electron chi connectivity index (χ0n) is 15.2. The molecule has 2 heterocycles. The van der Waals surface area contributed by atoms with Crippen molar-refractivity contribution in [3.63, 3.8) is 0 Å². The predicted molar refractivity (Wildman–Crippen MR) is 99.5 cm³/mol. The van der Waals surface area contributed by atoms with Crippen molar-refractivity contribution in [2.75, 3.05) is 37.6 Å². The minimum absolute atomic E-state index is 0.354. The lowest BCUT2D eigenvalue weighted by molar-refractivity contribution is -0.0594. The molecule has 27 heavy (non-hydrogen) atoms. The maximum absolute atomic E-state index is 12.6. The van der Waals surface area contributed by atoms with Crippen LogP contribution in [0.2, 0.25) is 0 Å². The monoisotopic (exact) mass is 378 g/mol. The lowest BCUT2D eigenvalue weighted by Crippen LogP contribution is -2.54. The average molecular weight is 378 g/mol. The summed E-state index contributed by atoms with van der Waals surface area (Å²) in [5.74, 6) is 0. The molecule has 2 aromatic rings. The Morgan fingerprint density at radius 3 is 2.56 bits per heavy atom. The van der Waals surface area contributed by atoms with E-state index in [2.05, 4.69) is 14.8 Å². The van der Waals surface area contributed by atoms with Crippen molar-refractivity contribution in [3.8, 4) is 0 Å². The molecule has 1 aliphatic carbocycles. The van der Waals surface area contributed by atoms with Gasteiger partial charge >= 0.3 is 0 Å². The highest BCUT2D eigenvalue weighted by Gasteiger charge is 2.36. The molecular formula is C19H24F2N4O2. The number of alkyl halides is 2. The molecule has 0 bridgehead atoms. The van der Waals surface area contributed by atoms with Crippen molar-refractivity contribution < 1.29 is 13.9 Å². The van der Waals surface area contributed by atoms with Crippen LogP contribution < -0.4 is 10.5 Å². The van der Waals surface area contributed by atoms with E-state index in [0.29, 0.717) is 10.9 Å². The second-order valence-corrected chi connectivity index (χ2v) is 7.64. The molecule has 0 radical (unpaired) electrons. The van der Waals surface area contributed by atoms with Gasteiger partial charge in [-0.1, -0.05) is 0 Å². The van der Waals surface area contributed by atoms with E-state index in [4.69, 9.17) is 0 Å². The van der Waals surface area contributed by atoms with Crippen molar-refractivity contribution in [2.45, 2.75) is 37.8 Å². The highest BCUT2D eigenvalue weighted by atomic mass is 19.3. The van der Waals surface area contributed by atoms with Crippen LogP contribution >= 0.6 is 0 Å². The Morgan fingerprint density at radius 2 is 1.93 bits per heavy atom. The normalized spacial score (nSPS) is 20.2. The third kappa shape index (κ3) is 3.82. The van der Waals surface area contributed by atoms with Crippen LogP contribution in [0.1, 0.15) is 19.3 Å². The molecule has 1 aromatic heterocycles. The fourth-order valence-electron chi connectivity index (χ4n) is 3.95. The predicted octanol–water partition coefficient (Wildman–Crippen LogP) is 1.70.